The number of aliphatic hydroxyl groups is 3. The third kappa shape index (κ3) is 2.14. The summed E-state index contributed by atoms with van der Waals surface area (Å²) in [6, 6.07) is 0. The first-order chi connectivity index (χ1) is 12.9. The lowest BCUT2D eigenvalue weighted by Crippen LogP contribution is -2.72. The molecule has 9 atom stereocenters. The summed E-state index contributed by atoms with van der Waals surface area (Å²) in [6.07, 6.45) is -1.66. The number of carbonyl (C=O) groups is 2. The molecule has 4 saturated carbocycles. The van der Waals surface area contributed by atoms with Crippen molar-refractivity contribution in [2.75, 3.05) is 0 Å². The molecule has 4 fully saturated rings. The molecule has 0 saturated heterocycles. The first kappa shape index (κ1) is 20.0. The lowest BCUT2D eigenvalue weighted by molar-refractivity contribution is -0.248. The normalized spacial score (nSPS) is 52.0. The third-order valence-electron chi connectivity index (χ3n) is 8.75. The predicted octanol–water partition coefficient (Wildman–Crippen LogP) is 1.61. The molecule has 4 rings (SSSR count). The van der Waals surface area contributed by atoms with Crippen LogP contribution in [-0.2, 0) is 14.3 Å². The number of hydrogen-bond acceptors (Lipinski definition) is 6. The fourth-order valence-electron chi connectivity index (χ4n) is 7.75. The average Bonchev–Trinajstić information content (AvgIpc) is 2.73. The number of fused-ring (bicyclic) bond motifs is 3. The highest BCUT2D eigenvalue weighted by molar-refractivity contribution is 5.90. The first-order valence-corrected chi connectivity index (χ1v) is 10.3. The summed E-state index contributed by atoms with van der Waals surface area (Å²) < 4.78 is 5.57. The fraction of sp³-hybridized carbons (Fsp3) is 0.818. The second-order valence-corrected chi connectivity index (χ2v) is 10.5. The van der Waals surface area contributed by atoms with Gasteiger partial charge < -0.3 is 20.1 Å². The Morgan fingerprint density at radius 3 is 2.39 bits per heavy atom. The molecular weight excluding hydrogens is 360 g/mol. The molecule has 4 aliphatic rings. The minimum Gasteiger partial charge on any atom is -0.457 e. The maximum absolute atomic E-state index is 13.7. The number of carbonyl (C=O) groups excluding carboxylic acids is 2. The van der Waals surface area contributed by atoms with Crippen molar-refractivity contribution in [1.29, 1.82) is 0 Å². The molecule has 0 aromatic carbocycles. The molecule has 9 unspecified atom stereocenters. The maximum atomic E-state index is 13.7. The van der Waals surface area contributed by atoms with E-state index in [9.17, 15) is 24.9 Å². The Labute approximate surface area is 166 Å². The third-order valence-corrected chi connectivity index (χ3v) is 8.75. The SMILES string of the molecule is C=C1C2C(O)C(O)C3C4(C)CCCC(C)(C)C4CC(=O)C3(C1OC(C)=O)C2O. The Bertz CT molecular complexity index is 743. The van der Waals surface area contributed by atoms with Gasteiger partial charge in [-0.2, -0.15) is 0 Å². The highest BCUT2D eigenvalue weighted by atomic mass is 16.5. The minimum atomic E-state index is -1.44. The van der Waals surface area contributed by atoms with Gasteiger partial charge >= 0.3 is 5.97 Å². The van der Waals surface area contributed by atoms with Crippen LogP contribution in [0.1, 0.15) is 53.4 Å². The van der Waals surface area contributed by atoms with Crippen LogP contribution in [0.5, 0.6) is 0 Å². The van der Waals surface area contributed by atoms with Crippen molar-refractivity contribution in [3.63, 3.8) is 0 Å². The van der Waals surface area contributed by atoms with E-state index in [4.69, 9.17) is 4.74 Å². The standard InChI is InChI=1S/C22H32O6/c1-10-14-15(25)16(26)17-21(5)8-6-7-20(3,4)12(21)9-13(24)22(17,18(14)27)19(10)28-11(2)23/h12,14-19,25-27H,1,6-9H2,2-5H3. The van der Waals surface area contributed by atoms with Gasteiger partial charge in [0, 0.05) is 25.2 Å². The van der Waals surface area contributed by atoms with Crippen molar-refractivity contribution in [1.82, 2.24) is 0 Å². The van der Waals surface area contributed by atoms with Crippen molar-refractivity contribution >= 4 is 11.8 Å². The number of esters is 1. The van der Waals surface area contributed by atoms with Crippen LogP contribution in [0.15, 0.2) is 12.2 Å². The maximum Gasteiger partial charge on any atom is 0.303 e. The van der Waals surface area contributed by atoms with Gasteiger partial charge in [-0.25, -0.2) is 0 Å². The largest absolute Gasteiger partial charge is 0.457 e. The number of rotatable bonds is 1. The molecule has 0 aliphatic heterocycles. The fourth-order valence-corrected chi connectivity index (χ4v) is 7.75. The van der Waals surface area contributed by atoms with Gasteiger partial charge in [-0.05, 0) is 35.2 Å². The van der Waals surface area contributed by atoms with Crippen LogP contribution >= 0.6 is 0 Å². The lowest BCUT2D eigenvalue weighted by atomic mass is 9.39. The zero-order chi connectivity index (χ0) is 20.8. The van der Waals surface area contributed by atoms with Gasteiger partial charge in [-0.1, -0.05) is 33.8 Å². The summed E-state index contributed by atoms with van der Waals surface area (Å²) in [7, 11) is 0. The number of aliphatic hydroxyl groups excluding tert-OH is 3. The van der Waals surface area contributed by atoms with Crippen LogP contribution in [0.25, 0.3) is 0 Å². The summed E-state index contributed by atoms with van der Waals surface area (Å²) in [6.45, 7) is 11.6. The van der Waals surface area contributed by atoms with Crippen LogP contribution in [0.3, 0.4) is 0 Å². The summed E-state index contributed by atoms with van der Waals surface area (Å²) in [4.78, 5) is 25.6. The number of Topliss-reactive ketones (excluding diaryl/α,β-unsaturated/α-hetero) is 1. The molecule has 4 aliphatic carbocycles. The van der Waals surface area contributed by atoms with E-state index >= 15 is 0 Å². The number of ketones is 1. The smallest absolute Gasteiger partial charge is 0.303 e. The van der Waals surface area contributed by atoms with Crippen molar-refractivity contribution in [2.24, 2.45) is 34.0 Å². The Morgan fingerprint density at radius 1 is 1.14 bits per heavy atom. The number of ether oxygens (including phenoxy) is 1. The summed E-state index contributed by atoms with van der Waals surface area (Å²) >= 11 is 0. The second kappa shape index (κ2) is 5.89. The molecule has 3 N–H and O–H groups in total. The van der Waals surface area contributed by atoms with Gasteiger partial charge in [0.25, 0.3) is 0 Å². The molecule has 2 bridgehead atoms. The molecule has 6 nitrogen and oxygen atoms in total. The van der Waals surface area contributed by atoms with Crippen LogP contribution in [0.2, 0.25) is 0 Å². The average molecular weight is 392 g/mol. The van der Waals surface area contributed by atoms with Crippen molar-refractivity contribution in [2.45, 2.75) is 77.8 Å². The topological polar surface area (TPSA) is 104 Å². The monoisotopic (exact) mass is 392 g/mol. The van der Waals surface area contributed by atoms with E-state index < -0.39 is 53.1 Å². The predicted molar refractivity (Wildman–Crippen MR) is 101 cm³/mol. The van der Waals surface area contributed by atoms with E-state index in [1.165, 1.54) is 6.92 Å². The Balaban J connectivity index is 1.95. The minimum absolute atomic E-state index is 0.0225. The summed E-state index contributed by atoms with van der Waals surface area (Å²) in [5, 5.41) is 33.4. The molecule has 0 radical (unpaired) electrons. The second-order valence-electron chi connectivity index (χ2n) is 10.5. The van der Waals surface area contributed by atoms with Gasteiger partial charge in [0.15, 0.2) is 0 Å². The first-order valence-electron chi connectivity index (χ1n) is 10.3. The molecule has 28 heavy (non-hydrogen) atoms. The number of hydrogen-bond donors (Lipinski definition) is 3. The van der Waals surface area contributed by atoms with E-state index in [2.05, 4.69) is 27.4 Å². The van der Waals surface area contributed by atoms with E-state index in [1.54, 1.807) is 0 Å². The highest BCUT2D eigenvalue weighted by Gasteiger charge is 2.78. The highest BCUT2D eigenvalue weighted by Crippen LogP contribution is 2.71. The zero-order valence-electron chi connectivity index (χ0n) is 17.1. The summed E-state index contributed by atoms with van der Waals surface area (Å²) in [5.41, 5.74) is -1.67. The lowest BCUT2D eigenvalue weighted by Gasteiger charge is -2.65. The van der Waals surface area contributed by atoms with Crippen molar-refractivity contribution in [3.05, 3.63) is 12.2 Å². The molecular formula is C22H32O6. The Kier molecular flexibility index (Phi) is 4.22. The molecule has 0 aromatic rings. The molecule has 1 spiro atoms. The van der Waals surface area contributed by atoms with Gasteiger partial charge in [0.1, 0.15) is 17.3 Å². The van der Waals surface area contributed by atoms with Gasteiger partial charge in [0.05, 0.1) is 18.3 Å². The van der Waals surface area contributed by atoms with E-state index in [-0.39, 0.29) is 23.5 Å². The Morgan fingerprint density at radius 2 is 1.79 bits per heavy atom. The molecule has 0 heterocycles. The van der Waals surface area contributed by atoms with Gasteiger partial charge in [-0.3, -0.25) is 9.59 Å². The van der Waals surface area contributed by atoms with E-state index in [0.717, 1.165) is 19.3 Å². The van der Waals surface area contributed by atoms with Crippen LogP contribution in [0.4, 0.5) is 0 Å². The summed E-state index contributed by atoms with van der Waals surface area (Å²) in [5.74, 6) is -2.29. The van der Waals surface area contributed by atoms with Crippen LogP contribution < -0.4 is 0 Å². The van der Waals surface area contributed by atoms with Gasteiger partial charge in [0.2, 0.25) is 0 Å². The quantitative estimate of drug-likeness (QED) is 0.463. The van der Waals surface area contributed by atoms with E-state index in [1.807, 2.05) is 0 Å². The molecule has 0 amide bonds. The van der Waals surface area contributed by atoms with Crippen LogP contribution in [0, 0.1) is 34.0 Å². The molecule has 156 valence electrons. The zero-order valence-corrected chi connectivity index (χ0v) is 17.1. The Hall–Kier alpha value is -1.24. The van der Waals surface area contributed by atoms with Crippen molar-refractivity contribution in [3.8, 4) is 0 Å². The van der Waals surface area contributed by atoms with Crippen LogP contribution in [-0.4, -0.2) is 51.5 Å². The van der Waals surface area contributed by atoms with E-state index in [0.29, 0.717) is 5.57 Å². The molecule has 0 aromatic heterocycles. The molecule has 6 heteroatoms. The van der Waals surface area contributed by atoms with Gasteiger partial charge in [-0.15, -0.1) is 0 Å². The van der Waals surface area contributed by atoms with Crippen molar-refractivity contribution < 1.29 is 29.6 Å².